The molecule has 0 aliphatic heterocycles. The number of ether oxygens (including phenoxy) is 1. The highest BCUT2D eigenvalue weighted by molar-refractivity contribution is 5.92. The number of aliphatic hydroxyl groups is 3. The van der Waals surface area contributed by atoms with E-state index in [-0.39, 0.29) is 0 Å². The maximum Gasteiger partial charge on any atom is 0.244 e. The lowest BCUT2D eigenvalue weighted by molar-refractivity contribution is -0.120. The molecule has 0 bridgehead atoms. The zero-order chi connectivity index (χ0) is 15.7. The molecule has 21 heavy (non-hydrogen) atoms. The van der Waals surface area contributed by atoms with Gasteiger partial charge in [0.05, 0.1) is 26.4 Å². The average Bonchev–Trinajstić information content (AvgIpc) is 2.52. The zero-order valence-electron chi connectivity index (χ0n) is 12.0. The lowest BCUT2D eigenvalue weighted by atomic mass is 10.0. The van der Waals surface area contributed by atoms with Crippen LogP contribution in [0.25, 0.3) is 6.08 Å². The van der Waals surface area contributed by atoms with Crippen molar-refractivity contribution in [3.05, 3.63) is 35.9 Å². The smallest absolute Gasteiger partial charge is 0.244 e. The van der Waals surface area contributed by atoms with Crippen molar-refractivity contribution in [2.75, 3.05) is 26.4 Å². The fourth-order valence-corrected chi connectivity index (χ4v) is 1.64. The van der Waals surface area contributed by atoms with Crippen molar-refractivity contribution in [1.29, 1.82) is 0 Å². The van der Waals surface area contributed by atoms with E-state index in [0.717, 1.165) is 5.56 Å². The van der Waals surface area contributed by atoms with Gasteiger partial charge in [-0.25, -0.2) is 0 Å². The van der Waals surface area contributed by atoms with E-state index in [2.05, 4.69) is 5.32 Å². The summed E-state index contributed by atoms with van der Waals surface area (Å²) in [6.45, 7) is 0.699. The van der Waals surface area contributed by atoms with E-state index in [1.165, 1.54) is 6.08 Å². The normalized spacial score (nSPS) is 11.6. The van der Waals surface area contributed by atoms with Crippen LogP contribution in [0.2, 0.25) is 0 Å². The van der Waals surface area contributed by atoms with Gasteiger partial charge < -0.3 is 25.4 Å². The maximum absolute atomic E-state index is 11.8. The number of benzene rings is 1. The van der Waals surface area contributed by atoms with Crippen molar-refractivity contribution in [2.45, 2.75) is 12.5 Å². The molecule has 0 unspecified atom stereocenters. The summed E-state index contributed by atoms with van der Waals surface area (Å²) in [6, 6.07) is 7.24. The van der Waals surface area contributed by atoms with E-state index in [9.17, 15) is 4.79 Å². The Morgan fingerprint density at radius 1 is 1.24 bits per heavy atom. The Morgan fingerprint density at radius 2 is 1.86 bits per heavy atom. The van der Waals surface area contributed by atoms with Crippen molar-refractivity contribution >= 4 is 12.0 Å². The van der Waals surface area contributed by atoms with Gasteiger partial charge in [-0.1, -0.05) is 18.2 Å². The number of hydrogen-bond acceptors (Lipinski definition) is 5. The molecule has 0 atom stereocenters. The second kappa shape index (κ2) is 8.41. The van der Waals surface area contributed by atoms with Gasteiger partial charge >= 0.3 is 0 Å². The van der Waals surface area contributed by atoms with Gasteiger partial charge in [-0.15, -0.1) is 0 Å². The van der Waals surface area contributed by atoms with Crippen LogP contribution in [-0.4, -0.2) is 53.2 Å². The molecule has 0 saturated heterocycles. The molecule has 1 aromatic rings. The van der Waals surface area contributed by atoms with Gasteiger partial charge in [0, 0.05) is 11.6 Å². The van der Waals surface area contributed by atoms with Crippen LogP contribution < -0.4 is 10.1 Å². The van der Waals surface area contributed by atoms with E-state index in [4.69, 9.17) is 20.1 Å². The Bertz CT molecular complexity index is 474. The number of carbonyl (C=O) groups is 1. The summed E-state index contributed by atoms with van der Waals surface area (Å²) in [7, 11) is 0. The van der Waals surface area contributed by atoms with Crippen molar-refractivity contribution in [1.82, 2.24) is 5.32 Å². The zero-order valence-corrected chi connectivity index (χ0v) is 12.0. The van der Waals surface area contributed by atoms with Crippen molar-refractivity contribution in [2.24, 2.45) is 0 Å². The Balaban J connectivity index is 2.79. The van der Waals surface area contributed by atoms with Gasteiger partial charge in [-0.3, -0.25) is 4.79 Å². The fraction of sp³-hybridized carbons (Fsp3) is 0.400. The minimum Gasteiger partial charge on any atom is -0.493 e. The number of aliphatic hydroxyl groups excluding tert-OH is 3. The molecule has 0 aliphatic carbocycles. The maximum atomic E-state index is 11.8. The van der Waals surface area contributed by atoms with Crippen LogP contribution in [0.5, 0.6) is 5.75 Å². The lowest BCUT2D eigenvalue weighted by Gasteiger charge is -2.27. The first-order valence-electron chi connectivity index (χ1n) is 6.65. The first-order valence-corrected chi connectivity index (χ1v) is 6.65. The summed E-state index contributed by atoms with van der Waals surface area (Å²) in [5.41, 5.74) is -0.696. The van der Waals surface area contributed by atoms with Gasteiger partial charge in [-0.05, 0) is 19.1 Å². The molecule has 0 aliphatic rings. The number of rotatable bonds is 8. The molecular weight excluding hydrogens is 274 g/mol. The van der Waals surface area contributed by atoms with Crippen LogP contribution in [0.3, 0.4) is 0 Å². The van der Waals surface area contributed by atoms with E-state index < -0.39 is 31.3 Å². The van der Waals surface area contributed by atoms with Gasteiger partial charge in [0.1, 0.15) is 11.3 Å². The molecule has 1 amide bonds. The second-order valence-electron chi connectivity index (χ2n) is 4.55. The van der Waals surface area contributed by atoms with E-state index in [0.29, 0.717) is 12.4 Å². The van der Waals surface area contributed by atoms with E-state index in [1.54, 1.807) is 18.2 Å². The highest BCUT2D eigenvalue weighted by Crippen LogP contribution is 2.19. The summed E-state index contributed by atoms with van der Waals surface area (Å²) in [5.74, 6) is 0.125. The second-order valence-corrected chi connectivity index (χ2v) is 4.55. The van der Waals surface area contributed by atoms with Crippen LogP contribution >= 0.6 is 0 Å². The molecule has 4 N–H and O–H groups in total. The third-order valence-electron chi connectivity index (χ3n) is 2.93. The van der Waals surface area contributed by atoms with Gasteiger partial charge in [0.15, 0.2) is 0 Å². The average molecular weight is 295 g/mol. The molecule has 6 nitrogen and oxygen atoms in total. The minimum absolute atomic E-state index is 0.514. The standard InChI is InChI=1S/C15H21NO5/c1-2-21-13-6-4-3-5-12(13)7-8-14(20)16-15(9-17,10-18)11-19/h3-8,17-19H,2,9-11H2,1H3,(H,16,20)/b8-7+. The van der Waals surface area contributed by atoms with Gasteiger partial charge in [-0.2, -0.15) is 0 Å². The predicted molar refractivity (Wildman–Crippen MR) is 78.8 cm³/mol. The van der Waals surface area contributed by atoms with E-state index in [1.807, 2.05) is 19.1 Å². The molecule has 1 aromatic carbocycles. The van der Waals surface area contributed by atoms with Crippen molar-refractivity contribution in [3.63, 3.8) is 0 Å². The first kappa shape index (κ1) is 17.2. The molecule has 0 heterocycles. The van der Waals surface area contributed by atoms with Crippen molar-refractivity contribution in [3.8, 4) is 5.75 Å². The number of hydrogen-bond donors (Lipinski definition) is 4. The molecule has 1 rings (SSSR count). The van der Waals surface area contributed by atoms with Crippen molar-refractivity contribution < 1.29 is 24.9 Å². The summed E-state index contributed by atoms with van der Waals surface area (Å²) in [6.07, 6.45) is 2.82. The quantitative estimate of drug-likeness (QED) is 0.503. The predicted octanol–water partition coefficient (Wildman–Crippen LogP) is -0.0696. The Labute approximate surface area is 123 Å². The van der Waals surface area contributed by atoms with Crippen LogP contribution in [0.4, 0.5) is 0 Å². The number of amides is 1. The first-order chi connectivity index (χ1) is 10.1. The Kier molecular flexibility index (Phi) is 6.87. The largest absolute Gasteiger partial charge is 0.493 e. The molecular formula is C15H21NO5. The third kappa shape index (κ3) is 4.86. The Morgan fingerprint density at radius 3 is 2.43 bits per heavy atom. The minimum atomic E-state index is -1.43. The summed E-state index contributed by atoms with van der Waals surface area (Å²) >= 11 is 0. The van der Waals surface area contributed by atoms with Crippen LogP contribution in [-0.2, 0) is 4.79 Å². The third-order valence-corrected chi connectivity index (χ3v) is 2.93. The van der Waals surface area contributed by atoms with Gasteiger partial charge in [0.25, 0.3) is 0 Å². The summed E-state index contributed by atoms with van der Waals surface area (Å²) < 4.78 is 5.43. The summed E-state index contributed by atoms with van der Waals surface area (Å²) in [5, 5.41) is 29.8. The Hall–Kier alpha value is -1.89. The number of nitrogens with one attached hydrogen (secondary N) is 1. The molecule has 0 radical (unpaired) electrons. The highest BCUT2D eigenvalue weighted by atomic mass is 16.5. The molecule has 0 spiro atoms. The van der Waals surface area contributed by atoms with E-state index >= 15 is 0 Å². The molecule has 6 heteroatoms. The van der Waals surface area contributed by atoms with Gasteiger partial charge in [0.2, 0.25) is 5.91 Å². The molecule has 0 aromatic heterocycles. The fourth-order valence-electron chi connectivity index (χ4n) is 1.64. The monoisotopic (exact) mass is 295 g/mol. The van der Waals surface area contributed by atoms with Crippen LogP contribution in [0.15, 0.2) is 30.3 Å². The highest BCUT2D eigenvalue weighted by Gasteiger charge is 2.29. The number of carbonyl (C=O) groups excluding carboxylic acids is 1. The molecule has 0 fully saturated rings. The lowest BCUT2D eigenvalue weighted by Crippen LogP contribution is -2.56. The SMILES string of the molecule is CCOc1ccccc1/C=C/C(=O)NC(CO)(CO)CO. The van der Waals surface area contributed by atoms with Crippen LogP contribution in [0.1, 0.15) is 12.5 Å². The molecule has 0 saturated carbocycles. The topological polar surface area (TPSA) is 99.0 Å². The molecule has 116 valence electrons. The number of para-hydroxylation sites is 1. The summed E-state index contributed by atoms with van der Waals surface area (Å²) in [4.78, 5) is 11.8. The van der Waals surface area contributed by atoms with Crippen LogP contribution in [0, 0.1) is 0 Å².